The van der Waals surface area contributed by atoms with Crippen LogP contribution < -0.4 is 0 Å². The highest BCUT2D eigenvalue weighted by atomic mass is 79.9. The van der Waals surface area contributed by atoms with Gasteiger partial charge in [-0.3, -0.25) is 0 Å². The lowest BCUT2D eigenvalue weighted by molar-refractivity contribution is 0.0421. The summed E-state index contributed by atoms with van der Waals surface area (Å²) in [5, 5.41) is 0. The van der Waals surface area contributed by atoms with Crippen molar-refractivity contribution >= 4 is 63.7 Å². The van der Waals surface area contributed by atoms with Crippen molar-refractivity contribution in [3.05, 3.63) is 471 Å². The van der Waals surface area contributed by atoms with E-state index in [2.05, 4.69) is 379 Å². The van der Waals surface area contributed by atoms with Gasteiger partial charge in [-0.05, 0) is 279 Å². The Labute approximate surface area is 736 Å². The Balaban J connectivity index is 0.734. The minimum absolute atomic E-state index is 0.113. The molecule has 4 unspecified atom stereocenters. The van der Waals surface area contributed by atoms with Crippen LogP contribution in [-0.2, 0) is 82.7 Å². The maximum atomic E-state index is 6.47. The van der Waals surface area contributed by atoms with Gasteiger partial charge in [-0.25, -0.2) is 0 Å². The smallest absolute Gasteiger partial charge is 0.129 e. The number of hydrogen-bond acceptors (Lipinski definition) is 8. The van der Waals surface area contributed by atoms with Gasteiger partial charge in [0.25, 0.3) is 0 Å². The van der Waals surface area contributed by atoms with Gasteiger partial charge in [0.15, 0.2) is 0 Å². The second-order valence-corrected chi connectivity index (χ2v) is 35.9. The van der Waals surface area contributed by atoms with Crippen molar-refractivity contribution < 1.29 is 37.9 Å². The second-order valence-electron chi connectivity index (χ2n) is 32.3. The fraction of sp³-hybridized carbons (Fsp3) is 0.185. The van der Waals surface area contributed by atoms with Crippen molar-refractivity contribution in [1.82, 2.24) is 0 Å². The molecule has 0 saturated carbocycles. The van der Waals surface area contributed by atoms with Gasteiger partial charge in [0.05, 0.1) is 0 Å². The fourth-order valence-corrected chi connectivity index (χ4v) is 20.9. The van der Waals surface area contributed by atoms with Crippen LogP contribution in [-0.4, -0.2) is 56.9 Å². The van der Waals surface area contributed by atoms with Crippen LogP contribution in [0.5, 0.6) is 0 Å². The summed E-state index contributed by atoms with van der Waals surface area (Å²) < 4.78 is 55.0. The number of halogens is 4. The average Bonchev–Trinajstić information content (AvgIpc) is 0.680. The Bertz CT molecular complexity index is 5400. The Hall–Kier alpha value is -9.84. The molecule has 596 valence electrons. The molecule has 120 heavy (non-hydrogen) atoms. The highest BCUT2D eigenvalue weighted by Gasteiger charge is 2.51. The maximum Gasteiger partial charge on any atom is 0.129 e. The van der Waals surface area contributed by atoms with Gasteiger partial charge < -0.3 is 37.9 Å². The molecule has 4 bridgehead atoms. The molecule has 4 atom stereocenters. The first kappa shape index (κ1) is 79.9. The average molecular weight is 1830 g/mol. The number of ether oxygens (including phenoxy) is 8. The van der Waals surface area contributed by atoms with E-state index in [0.717, 1.165) is 107 Å². The zero-order valence-electron chi connectivity index (χ0n) is 67.7. The Morgan fingerprint density at radius 3 is 0.417 bits per heavy atom. The molecular weight excluding hydrogens is 1740 g/mol. The first-order chi connectivity index (χ1) is 58.4. The van der Waals surface area contributed by atoms with Gasteiger partial charge >= 0.3 is 0 Å². The van der Waals surface area contributed by atoms with Crippen LogP contribution >= 0.6 is 63.7 Å². The molecule has 12 aromatic carbocycles. The van der Waals surface area contributed by atoms with Crippen molar-refractivity contribution in [3.8, 4) is 44.5 Å². The van der Waals surface area contributed by atoms with Crippen LogP contribution in [0.4, 0.5) is 0 Å². The summed E-state index contributed by atoms with van der Waals surface area (Å²) >= 11 is 14.5. The number of benzene rings is 12. The van der Waals surface area contributed by atoms with Crippen molar-refractivity contribution in [2.24, 2.45) is 0 Å². The number of rotatable bonds is 20. The van der Waals surface area contributed by atoms with Crippen molar-refractivity contribution in [2.75, 3.05) is 56.9 Å². The molecule has 12 heteroatoms. The highest BCUT2D eigenvalue weighted by molar-refractivity contribution is 9.11. The van der Waals surface area contributed by atoms with Crippen molar-refractivity contribution in [3.63, 3.8) is 0 Å². The van der Waals surface area contributed by atoms with E-state index in [9.17, 15) is 0 Å². The van der Waals surface area contributed by atoms with Crippen molar-refractivity contribution in [2.45, 2.75) is 68.5 Å². The molecule has 8 nitrogen and oxygen atoms in total. The van der Waals surface area contributed by atoms with Crippen LogP contribution in [0.1, 0.15) is 113 Å². The summed E-state index contributed by atoms with van der Waals surface area (Å²) in [7, 11) is 14.1. The number of methoxy groups -OCH3 is 8. The van der Waals surface area contributed by atoms with Crippen molar-refractivity contribution in [1.29, 1.82) is 0 Å². The second kappa shape index (κ2) is 31.2. The van der Waals surface area contributed by atoms with Gasteiger partial charge in [-0.1, -0.05) is 282 Å². The first-order valence-corrected chi connectivity index (χ1v) is 43.6. The van der Waals surface area contributed by atoms with E-state index in [0.29, 0.717) is 0 Å². The number of hydrogen-bond donors (Lipinski definition) is 0. The Morgan fingerprint density at radius 2 is 0.283 bits per heavy atom. The SMILES string of the molecule is COC1(c2ccc(Br)cc2)C=CC(OC)(c2ccc(-c3ccc4c(c3)C3c5ccc(-c6ccc(C7(OC)C=CC(OC)(c8ccc(Br)cc8)C=C7)cc6)cc5C4C4c5ccc(-c6ccc(C7(OC)C=CC(OC)(c8ccc(Br)cc8)C=C7)cc6)cc5C3c3ccc(-c5ccc(C6(OC)C=CC(OC)(c7ccc(Br)cc7)C=C6)cc5)cc34)cc2)C=C1. The molecule has 0 heterocycles. The van der Waals surface area contributed by atoms with Crippen LogP contribution in [0.25, 0.3) is 44.5 Å². The van der Waals surface area contributed by atoms with E-state index in [1.54, 1.807) is 56.9 Å². The third-order valence-electron chi connectivity index (χ3n) is 26.9. The lowest BCUT2D eigenvalue weighted by Crippen LogP contribution is -2.36. The largest absolute Gasteiger partial charge is 0.365 e. The Kier molecular flexibility index (Phi) is 20.8. The van der Waals surface area contributed by atoms with Crippen LogP contribution in [0.3, 0.4) is 0 Å². The van der Waals surface area contributed by atoms with E-state index in [1.807, 2.05) is 48.5 Å². The molecule has 10 aliphatic carbocycles. The van der Waals surface area contributed by atoms with Gasteiger partial charge in [-0.15, -0.1) is 0 Å². The van der Waals surface area contributed by atoms with Gasteiger partial charge in [0, 0.05) is 98.4 Å². The normalized spacial score (nSPS) is 26.8. The molecule has 0 amide bonds. The molecule has 0 fully saturated rings. The molecular formula is C108H88Br4O8. The minimum atomic E-state index is -0.821. The quantitative estimate of drug-likeness (QED) is 0.0699. The highest BCUT2D eigenvalue weighted by Crippen LogP contribution is 2.66. The fourth-order valence-electron chi connectivity index (χ4n) is 19.9. The molecule has 12 aromatic rings. The van der Waals surface area contributed by atoms with E-state index < -0.39 is 44.8 Å². The summed E-state index contributed by atoms with van der Waals surface area (Å²) in [4.78, 5) is 0. The van der Waals surface area contributed by atoms with Crippen LogP contribution in [0.2, 0.25) is 0 Å². The lowest BCUT2D eigenvalue weighted by Gasteiger charge is -2.50. The van der Waals surface area contributed by atoms with Crippen LogP contribution in [0, 0.1) is 0 Å². The minimum Gasteiger partial charge on any atom is -0.365 e. The molecule has 0 spiro atoms. The summed E-state index contributed by atoms with van der Waals surface area (Å²) in [5.74, 6) is -0.452. The molecule has 0 N–H and O–H groups in total. The molecule has 0 saturated heterocycles. The van der Waals surface area contributed by atoms with E-state index in [4.69, 9.17) is 37.9 Å². The predicted molar refractivity (Wildman–Crippen MR) is 494 cm³/mol. The monoisotopic (exact) mass is 1830 g/mol. The summed E-state index contributed by atoms with van der Waals surface area (Å²) in [6.45, 7) is 0. The molecule has 10 aliphatic rings. The third-order valence-corrected chi connectivity index (χ3v) is 29.0. The summed E-state index contributed by atoms with van der Waals surface area (Å²) in [5.41, 5.74) is 21.7. The topological polar surface area (TPSA) is 73.8 Å². The first-order valence-electron chi connectivity index (χ1n) is 40.4. The molecule has 0 aliphatic heterocycles. The van der Waals surface area contributed by atoms with Gasteiger partial charge in [0.1, 0.15) is 44.8 Å². The molecule has 0 radical (unpaired) electrons. The van der Waals surface area contributed by atoms with Crippen LogP contribution in [0.15, 0.2) is 382 Å². The van der Waals surface area contributed by atoms with E-state index in [-0.39, 0.29) is 23.7 Å². The predicted octanol–water partition coefficient (Wildman–Crippen LogP) is 26.3. The summed E-state index contributed by atoms with van der Waals surface area (Å²) in [6, 6.07) is 98.3. The maximum absolute atomic E-state index is 6.47. The molecule has 0 aromatic heterocycles. The van der Waals surface area contributed by atoms with Gasteiger partial charge in [-0.2, -0.15) is 0 Å². The zero-order chi connectivity index (χ0) is 82.6. The zero-order valence-corrected chi connectivity index (χ0v) is 74.1. The lowest BCUT2D eigenvalue weighted by atomic mass is 9.52. The Morgan fingerprint density at radius 1 is 0.158 bits per heavy atom. The third kappa shape index (κ3) is 13.3. The standard InChI is InChI=1S/C108H88Br4O8/c1-113-101(49-57-105(117-5,58-50-101)81-29-37-85(109)38-30-81)77-21-9-69(10-22-77)73-17-45-89-93(65-73)97-90-46-18-74(70-11-23-78(24-12-70)102(114-2)51-59-106(118-6,60-52-102)82-31-39-86(110)40-32-82)66-94(90)98(89)100-92-48-20-75(71-13-25-79(26-14-71)103(115-3)53-61-107(119-7,62-54-103)83-33-41-87(111)42-34-83)67-95(92)99(97)91-47-19-76(68-96(91)100)72-15-27-80(28-16-72)104(116-4)55-63-108(120-8,64-56-104)84-35-43-88(112)44-36-84/h9-68,97-100H,1-8H3. The van der Waals surface area contributed by atoms with E-state index >= 15 is 0 Å². The summed E-state index contributed by atoms with van der Waals surface area (Å²) in [6.07, 6.45) is 33.9. The van der Waals surface area contributed by atoms with E-state index in [1.165, 1.54) is 44.5 Å². The van der Waals surface area contributed by atoms with Gasteiger partial charge in [0.2, 0.25) is 0 Å². The molecule has 22 rings (SSSR count).